The zero-order valence-corrected chi connectivity index (χ0v) is 12.3. The number of hydrazone groups is 1. The topological polar surface area (TPSA) is 67.5 Å². The molecule has 0 aliphatic heterocycles. The van der Waals surface area contributed by atoms with Crippen LogP contribution in [-0.2, 0) is 0 Å². The molecule has 0 aliphatic rings. The van der Waals surface area contributed by atoms with E-state index < -0.39 is 4.92 Å². The molecule has 2 rings (SSSR count). The summed E-state index contributed by atoms with van der Waals surface area (Å²) in [4.78, 5) is 10.3. The third-order valence-corrected chi connectivity index (χ3v) is 3.18. The van der Waals surface area contributed by atoms with E-state index in [0.29, 0.717) is 5.69 Å². The minimum absolute atomic E-state index is 0.0397. The molecule has 2 aromatic rings. The minimum Gasteiger partial charge on any atom is -0.278 e. The highest BCUT2D eigenvalue weighted by Gasteiger charge is 2.05. The molecule has 21 heavy (non-hydrogen) atoms. The van der Waals surface area contributed by atoms with E-state index in [9.17, 15) is 10.1 Å². The number of hydrogen-bond donors (Lipinski definition) is 1. The highest BCUT2D eigenvalue weighted by Crippen LogP contribution is 2.17. The van der Waals surface area contributed by atoms with Crippen LogP contribution in [0.25, 0.3) is 0 Å². The predicted octanol–water partition coefficient (Wildman–Crippen LogP) is 3.97. The van der Waals surface area contributed by atoms with Gasteiger partial charge in [-0.05, 0) is 38.0 Å². The molecule has 0 unspecified atom stereocenters. The molecule has 0 saturated heterocycles. The normalized spacial score (nSPS) is 10.8. The van der Waals surface area contributed by atoms with E-state index in [2.05, 4.69) is 29.6 Å². The van der Waals surface area contributed by atoms with Crippen molar-refractivity contribution in [1.29, 1.82) is 0 Å². The van der Waals surface area contributed by atoms with E-state index in [0.717, 1.165) is 16.7 Å². The van der Waals surface area contributed by atoms with Crippen LogP contribution in [0.15, 0.2) is 41.5 Å². The fourth-order valence-electron chi connectivity index (χ4n) is 2.26. The highest BCUT2D eigenvalue weighted by molar-refractivity contribution is 5.84. The van der Waals surface area contributed by atoms with Crippen LogP contribution < -0.4 is 5.43 Å². The molecule has 5 nitrogen and oxygen atoms in total. The van der Waals surface area contributed by atoms with E-state index in [-0.39, 0.29) is 5.69 Å². The Kier molecular flexibility index (Phi) is 4.33. The third-order valence-electron chi connectivity index (χ3n) is 3.18. The molecular weight excluding hydrogens is 266 g/mol. The maximum Gasteiger partial charge on any atom is 0.271 e. The summed E-state index contributed by atoms with van der Waals surface area (Å²) in [5.41, 5.74) is 8.02. The van der Waals surface area contributed by atoms with Crippen molar-refractivity contribution in [2.75, 3.05) is 5.43 Å². The smallest absolute Gasteiger partial charge is 0.271 e. The van der Waals surface area contributed by atoms with Crippen LogP contribution in [0.5, 0.6) is 0 Å². The van der Waals surface area contributed by atoms with E-state index in [4.69, 9.17) is 0 Å². The Balaban J connectivity index is 2.16. The van der Waals surface area contributed by atoms with Crippen LogP contribution in [0.1, 0.15) is 22.3 Å². The van der Waals surface area contributed by atoms with Crippen molar-refractivity contribution < 1.29 is 4.92 Å². The van der Waals surface area contributed by atoms with Gasteiger partial charge in [-0.3, -0.25) is 15.5 Å². The van der Waals surface area contributed by atoms with E-state index >= 15 is 0 Å². The van der Waals surface area contributed by atoms with Gasteiger partial charge in [0.05, 0.1) is 16.8 Å². The Morgan fingerprint density at radius 1 is 1.14 bits per heavy atom. The molecule has 0 bridgehead atoms. The Morgan fingerprint density at radius 3 is 2.43 bits per heavy atom. The standard InChI is InChI=1S/C16H17N3O2/c1-11-7-12(2)16(13(3)8-11)10-17-18-14-5-4-6-15(9-14)19(20)21/h4-10,18H,1-3H3. The number of nitrogens with zero attached hydrogens (tertiary/aromatic N) is 2. The molecule has 0 aliphatic carbocycles. The van der Waals surface area contributed by atoms with E-state index in [1.54, 1.807) is 18.3 Å². The number of benzene rings is 2. The van der Waals surface area contributed by atoms with Crippen LogP contribution in [0.3, 0.4) is 0 Å². The first-order chi connectivity index (χ1) is 9.97. The number of anilines is 1. The van der Waals surface area contributed by atoms with Gasteiger partial charge >= 0.3 is 0 Å². The Labute approximate surface area is 123 Å². The molecule has 108 valence electrons. The average Bonchev–Trinajstić information content (AvgIpc) is 2.42. The molecule has 0 atom stereocenters. The summed E-state index contributed by atoms with van der Waals surface area (Å²) in [6, 6.07) is 10.5. The lowest BCUT2D eigenvalue weighted by atomic mass is 10.0. The SMILES string of the molecule is Cc1cc(C)c(C=NNc2cccc([N+](=O)[O-])c2)c(C)c1. The lowest BCUT2D eigenvalue weighted by molar-refractivity contribution is -0.384. The van der Waals surface area contributed by atoms with Crippen LogP contribution in [0, 0.1) is 30.9 Å². The molecule has 0 amide bonds. The van der Waals surface area contributed by atoms with Gasteiger partial charge < -0.3 is 0 Å². The zero-order valence-electron chi connectivity index (χ0n) is 12.3. The summed E-state index contributed by atoms with van der Waals surface area (Å²) in [6.45, 7) is 6.13. The first-order valence-electron chi connectivity index (χ1n) is 6.59. The van der Waals surface area contributed by atoms with Crippen molar-refractivity contribution in [2.45, 2.75) is 20.8 Å². The number of aryl methyl sites for hydroxylation is 3. The molecule has 0 heterocycles. The Hall–Kier alpha value is -2.69. The number of nitro benzene ring substituents is 1. The van der Waals surface area contributed by atoms with Gasteiger partial charge in [0.15, 0.2) is 0 Å². The van der Waals surface area contributed by atoms with Gasteiger partial charge in [0.1, 0.15) is 0 Å². The lowest BCUT2D eigenvalue weighted by Gasteiger charge is -2.06. The number of rotatable bonds is 4. The summed E-state index contributed by atoms with van der Waals surface area (Å²) in [7, 11) is 0. The fraction of sp³-hybridized carbons (Fsp3) is 0.188. The van der Waals surface area contributed by atoms with Crippen molar-refractivity contribution in [3.8, 4) is 0 Å². The maximum atomic E-state index is 10.7. The molecule has 2 aromatic carbocycles. The average molecular weight is 283 g/mol. The second kappa shape index (κ2) is 6.17. The zero-order chi connectivity index (χ0) is 15.4. The van der Waals surface area contributed by atoms with Crippen molar-refractivity contribution in [2.24, 2.45) is 5.10 Å². The van der Waals surface area contributed by atoms with E-state index in [1.807, 2.05) is 13.8 Å². The monoisotopic (exact) mass is 283 g/mol. The van der Waals surface area contributed by atoms with Gasteiger partial charge in [-0.1, -0.05) is 23.8 Å². The molecule has 1 N–H and O–H groups in total. The molecule has 0 saturated carbocycles. The van der Waals surface area contributed by atoms with Crippen LogP contribution >= 0.6 is 0 Å². The molecular formula is C16H17N3O2. The molecule has 0 radical (unpaired) electrons. The van der Waals surface area contributed by atoms with Gasteiger partial charge in [-0.15, -0.1) is 0 Å². The molecule has 0 spiro atoms. The van der Waals surface area contributed by atoms with Gasteiger partial charge in [-0.2, -0.15) is 5.10 Å². The van der Waals surface area contributed by atoms with Gasteiger partial charge in [0, 0.05) is 17.7 Å². The van der Waals surface area contributed by atoms with Crippen LogP contribution in [0.2, 0.25) is 0 Å². The number of nitro groups is 1. The second-order valence-corrected chi connectivity index (χ2v) is 4.99. The summed E-state index contributed by atoms with van der Waals surface area (Å²) < 4.78 is 0. The van der Waals surface area contributed by atoms with Crippen molar-refractivity contribution in [3.05, 3.63) is 68.8 Å². The second-order valence-electron chi connectivity index (χ2n) is 4.99. The van der Waals surface area contributed by atoms with Crippen LogP contribution in [0.4, 0.5) is 11.4 Å². The van der Waals surface area contributed by atoms with Crippen LogP contribution in [-0.4, -0.2) is 11.1 Å². The molecule has 0 fully saturated rings. The van der Waals surface area contributed by atoms with Crippen molar-refractivity contribution >= 4 is 17.6 Å². The molecule has 0 aromatic heterocycles. The number of hydrogen-bond acceptors (Lipinski definition) is 4. The van der Waals surface area contributed by atoms with Crippen molar-refractivity contribution in [1.82, 2.24) is 0 Å². The molecule has 5 heteroatoms. The summed E-state index contributed by atoms with van der Waals surface area (Å²) in [5.74, 6) is 0. The van der Waals surface area contributed by atoms with Gasteiger partial charge in [0.25, 0.3) is 5.69 Å². The van der Waals surface area contributed by atoms with Gasteiger partial charge in [0.2, 0.25) is 0 Å². The third kappa shape index (κ3) is 3.66. The summed E-state index contributed by atoms with van der Waals surface area (Å²) in [5, 5.41) is 14.9. The Bertz CT molecular complexity index is 685. The van der Waals surface area contributed by atoms with Crippen molar-refractivity contribution in [3.63, 3.8) is 0 Å². The van der Waals surface area contributed by atoms with E-state index in [1.165, 1.54) is 17.7 Å². The maximum absolute atomic E-state index is 10.7. The predicted molar refractivity (Wildman–Crippen MR) is 85.0 cm³/mol. The lowest BCUT2D eigenvalue weighted by Crippen LogP contribution is -1.97. The number of non-ortho nitro benzene ring substituents is 1. The highest BCUT2D eigenvalue weighted by atomic mass is 16.6. The Morgan fingerprint density at radius 2 is 1.81 bits per heavy atom. The summed E-state index contributed by atoms with van der Waals surface area (Å²) >= 11 is 0. The van der Waals surface area contributed by atoms with Gasteiger partial charge in [-0.25, -0.2) is 0 Å². The largest absolute Gasteiger partial charge is 0.278 e. The fourth-order valence-corrected chi connectivity index (χ4v) is 2.26. The quantitative estimate of drug-likeness (QED) is 0.524. The first kappa shape index (κ1) is 14.7. The minimum atomic E-state index is -0.427. The first-order valence-corrected chi connectivity index (χ1v) is 6.59. The number of nitrogens with one attached hydrogen (secondary N) is 1. The summed E-state index contributed by atoms with van der Waals surface area (Å²) in [6.07, 6.45) is 1.74.